The van der Waals surface area contributed by atoms with Crippen LogP contribution in [-0.4, -0.2) is 31.5 Å². The first-order valence-electron chi connectivity index (χ1n) is 5.85. The largest absolute Gasteiger partial charge is 0.396 e. The monoisotopic (exact) mass is 295 g/mol. The molecule has 0 radical (unpaired) electrons. The summed E-state index contributed by atoms with van der Waals surface area (Å²) in [5.41, 5.74) is -0.00240. The third-order valence-corrected chi connectivity index (χ3v) is 3.49. The van der Waals surface area contributed by atoms with Crippen LogP contribution in [0.4, 0.5) is 5.69 Å². The lowest BCUT2D eigenvalue weighted by Crippen LogP contribution is -2.11. The molecule has 0 saturated carbocycles. The minimum absolute atomic E-state index is 0.00240. The van der Waals surface area contributed by atoms with Gasteiger partial charge in [-0.2, -0.15) is 4.79 Å². The topological polar surface area (TPSA) is 120 Å². The van der Waals surface area contributed by atoms with E-state index in [-0.39, 0.29) is 12.3 Å². The molecule has 3 N–H and O–H groups in total. The number of benzene rings is 1. The van der Waals surface area contributed by atoms with Gasteiger partial charge in [0.1, 0.15) is 0 Å². The van der Waals surface area contributed by atoms with Crippen LogP contribution in [0.25, 0.3) is 0 Å². The molecule has 0 aliphatic heterocycles. The van der Waals surface area contributed by atoms with E-state index in [1.165, 1.54) is 6.07 Å². The fraction of sp³-hybridized carbons (Fsp3) is 0.273. The summed E-state index contributed by atoms with van der Waals surface area (Å²) in [6, 6.07) is 6.36. The zero-order chi connectivity index (χ0) is 14.5. The van der Waals surface area contributed by atoms with Crippen LogP contribution >= 0.6 is 11.8 Å². The highest BCUT2D eigenvalue weighted by molar-refractivity contribution is 7.99. The Morgan fingerprint density at radius 2 is 2.20 bits per heavy atom. The average molecular weight is 295 g/mol. The molecule has 0 aliphatic rings. The highest BCUT2D eigenvalue weighted by atomic mass is 32.2. The number of nitrogens with zero attached hydrogens (tertiary/aromatic N) is 4. The Labute approximate surface area is 118 Å². The van der Waals surface area contributed by atoms with Crippen LogP contribution in [0.3, 0.4) is 0 Å². The van der Waals surface area contributed by atoms with E-state index < -0.39 is 4.92 Å². The molecule has 2 rings (SSSR count). The number of aromatic nitrogens is 3. The van der Waals surface area contributed by atoms with Crippen LogP contribution in [0.5, 0.6) is 0 Å². The number of aliphatic hydroxyl groups excluding tert-OH is 1. The molecule has 2 aromatic rings. The molecule has 0 fully saturated rings. The van der Waals surface area contributed by atoms with E-state index in [0.29, 0.717) is 28.7 Å². The zero-order valence-corrected chi connectivity index (χ0v) is 11.3. The summed E-state index contributed by atoms with van der Waals surface area (Å²) in [6.45, 7) is 0.0474. The lowest BCUT2D eigenvalue weighted by Gasteiger charge is -2.00. The fourth-order valence-electron chi connectivity index (χ4n) is 1.56. The summed E-state index contributed by atoms with van der Waals surface area (Å²) in [4.78, 5) is 16.2. The van der Waals surface area contributed by atoms with E-state index in [9.17, 15) is 10.1 Å². The van der Waals surface area contributed by atoms with Gasteiger partial charge in [-0.15, -0.1) is 5.10 Å². The molecule has 0 unspecified atom stereocenters. The fourth-order valence-corrected chi connectivity index (χ4v) is 2.43. The van der Waals surface area contributed by atoms with E-state index in [4.69, 9.17) is 10.9 Å². The summed E-state index contributed by atoms with van der Waals surface area (Å²) in [5.74, 6) is 6.18. The van der Waals surface area contributed by atoms with Gasteiger partial charge < -0.3 is 10.9 Å². The summed E-state index contributed by atoms with van der Waals surface area (Å²) in [5, 5.41) is 24.1. The number of hydrogen-bond donors (Lipinski definition) is 2. The van der Waals surface area contributed by atoms with Crippen molar-refractivity contribution in [2.24, 2.45) is 0 Å². The second-order valence-electron chi connectivity index (χ2n) is 3.91. The number of rotatable bonds is 6. The molecule has 0 aliphatic carbocycles. The second-order valence-corrected chi connectivity index (χ2v) is 4.92. The molecule has 0 saturated heterocycles. The first-order chi connectivity index (χ1) is 9.61. The third-order valence-electron chi connectivity index (χ3n) is 2.47. The van der Waals surface area contributed by atoms with Crippen molar-refractivity contribution in [3.8, 4) is 0 Å². The Morgan fingerprint density at radius 1 is 1.45 bits per heavy atom. The molecular formula is C11H13N5O3S. The van der Waals surface area contributed by atoms with Crippen molar-refractivity contribution in [2.75, 3.05) is 12.4 Å². The minimum atomic E-state index is -0.452. The standard InChI is InChI=1S/C11H13N5O3S/c12-15-11(13-10(14-15)6-3-7-17)20-9-5-2-1-4-8(9)16(18)19/h1-2,4-5,17H,3,6-7,12H2. The van der Waals surface area contributed by atoms with E-state index in [1.807, 2.05) is 0 Å². The van der Waals surface area contributed by atoms with Crippen molar-refractivity contribution in [1.82, 2.24) is 14.9 Å². The van der Waals surface area contributed by atoms with Crippen LogP contribution in [0.15, 0.2) is 34.3 Å². The van der Waals surface area contributed by atoms with Gasteiger partial charge in [-0.3, -0.25) is 10.1 Å². The second kappa shape index (κ2) is 6.35. The highest BCUT2D eigenvalue weighted by Crippen LogP contribution is 2.32. The maximum Gasteiger partial charge on any atom is 0.283 e. The molecule has 1 aromatic carbocycles. The van der Waals surface area contributed by atoms with Crippen molar-refractivity contribution in [3.63, 3.8) is 0 Å². The number of nitro groups is 1. The van der Waals surface area contributed by atoms with Gasteiger partial charge in [0.2, 0.25) is 5.16 Å². The highest BCUT2D eigenvalue weighted by Gasteiger charge is 2.17. The molecule has 1 heterocycles. The Bertz CT molecular complexity index is 616. The van der Waals surface area contributed by atoms with Crippen molar-refractivity contribution in [1.29, 1.82) is 0 Å². The third kappa shape index (κ3) is 3.25. The number of nitrogens with two attached hydrogens (primary N) is 1. The Morgan fingerprint density at radius 3 is 2.90 bits per heavy atom. The van der Waals surface area contributed by atoms with Gasteiger partial charge in [0, 0.05) is 19.1 Å². The molecule has 8 nitrogen and oxygen atoms in total. The summed E-state index contributed by atoms with van der Waals surface area (Å²) in [6.07, 6.45) is 1.05. The summed E-state index contributed by atoms with van der Waals surface area (Å²) < 4.78 is 0. The lowest BCUT2D eigenvalue weighted by molar-refractivity contribution is -0.387. The summed E-state index contributed by atoms with van der Waals surface area (Å²) in [7, 11) is 0. The van der Waals surface area contributed by atoms with Crippen LogP contribution in [0, 0.1) is 10.1 Å². The molecular weight excluding hydrogens is 282 g/mol. The molecule has 0 spiro atoms. The van der Waals surface area contributed by atoms with Crippen molar-refractivity contribution in [2.45, 2.75) is 22.9 Å². The van der Waals surface area contributed by atoms with Crippen LogP contribution < -0.4 is 5.84 Å². The Kier molecular flexibility index (Phi) is 4.53. The van der Waals surface area contributed by atoms with Crippen molar-refractivity contribution in [3.05, 3.63) is 40.2 Å². The maximum atomic E-state index is 10.9. The van der Waals surface area contributed by atoms with Crippen molar-refractivity contribution < 1.29 is 10.0 Å². The SMILES string of the molecule is Nn1nc(CCCO)nc1Sc1ccccc1[N+](=O)[O-]. The number of hydrogen-bond acceptors (Lipinski definition) is 7. The molecule has 9 heteroatoms. The molecule has 20 heavy (non-hydrogen) atoms. The van der Waals surface area contributed by atoms with Gasteiger partial charge in [-0.25, -0.2) is 4.98 Å². The summed E-state index contributed by atoms with van der Waals surface area (Å²) >= 11 is 1.08. The maximum absolute atomic E-state index is 10.9. The van der Waals surface area contributed by atoms with Crippen molar-refractivity contribution >= 4 is 17.4 Å². The van der Waals surface area contributed by atoms with E-state index >= 15 is 0 Å². The predicted molar refractivity (Wildman–Crippen MR) is 72.8 cm³/mol. The van der Waals surface area contributed by atoms with Crippen LogP contribution in [0.1, 0.15) is 12.2 Å². The quantitative estimate of drug-likeness (QED) is 0.463. The van der Waals surface area contributed by atoms with E-state index in [0.717, 1.165) is 16.6 Å². The normalized spacial score (nSPS) is 10.7. The van der Waals surface area contributed by atoms with Gasteiger partial charge in [0.25, 0.3) is 5.69 Å². The van der Waals surface area contributed by atoms with Crippen LogP contribution in [0.2, 0.25) is 0 Å². The number of nitro benzene ring substituents is 1. The lowest BCUT2D eigenvalue weighted by atomic mass is 10.3. The first kappa shape index (κ1) is 14.3. The van der Waals surface area contributed by atoms with Gasteiger partial charge in [-0.05, 0) is 24.2 Å². The average Bonchev–Trinajstić information content (AvgIpc) is 2.77. The van der Waals surface area contributed by atoms with E-state index in [2.05, 4.69) is 10.1 Å². The first-order valence-corrected chi connectivity index (χ1v) is 6.66. The molecule has 0 atom stereocenters. The number of para-hydroxylation sites is 1. The molecule has 106 valence electrons. The Balaban J connectivity index is 2.22. The number of aliphatic hydroxyl groups is 1. The minimum Gasteiger partial charge on any atom is -0.396 e. The molecule has 0 bridgehead atoms. The number of nitrogen functional groups attached to an aromatic ring is 1. The molecule has 1 aromatic heterocycles. The van der Waals surface area contributed by atoms with Crippen LogP contribution in [-0.2, 0) is 6.42 Å². The van der Waals surface area contributed by atoms with E-state index in [1.54, 1.807) is 18.2 Å². The van der Waals surface area contributed by atoms with Gasteiger partial charge in [0.15, 0.2) is 5.82 Å². The van der Waals surface area contributed by atoms with Gasteiger partial charge >= 0.3 is 0 Å². The predicted octanol–water partition coefficient (Wildman–Crippen LogP) is 0.976. The zero-order valence-electron chi connectivity index (χ0n) is 10.5. The Hall–Kier alpha value is -2.13. The number of aryl methyl sites for hydroxylation is 1. The molecule has 0 amide bonds. The smallest absolute Gasteiger partial charge is 0.283 e. The van der Waals surface area contributed by atoms with Gasteiger partial charge in [0.05, 0.1) is 9.82 Å². The van der Waals surface area contributed by atoms with Gasteiger partial charge in [-0.1, -0.05) is 12.1 Å².